The van der Waals surface area contributed by atoms with Crippen LogP contribution in [-0.4, -0.2) is 19.9 Å². The predicted octanol–water partition coefficient (Wildman–Crippen LogP) is 3.11. The fourth-order valence-corrected chi connectivity index (χ4v) is 2.94. The Balaban J connectivity index is 1.74. The summed E-state index contributed by atoms with van der Waals surface area (Å²) in [6.45, 7) is 4.09. The van der Waals surface area contributed by atoms with E-state index in [-0.39, 0.29) is 5.56 Å². The molecule has 0 fully saturated rings. The van der Waals surface area contributed by atoms with Crippen molar-refractivity contribution in [2.24, 2.45) is 0 Å². The number of pyridine rings is 1. The van der Waals surface area contributed by atoms with Gasteiger partial charge in [-0.25, -0.2) is 4.68 Å². The van der Waals surface area contributed by atoms with Crippen molar-refractivity contribution in [3.8, 4) is 11.3 Å². The standard InChI is InChI=1S/C19H16N4O2/c1-12-19(13(2)25-22-12)17-7-8-18(24)23(21-17)11-14-5-6-16-15(10-14)4-3-9-20-16/h3-10H,11H2,1-2H3. The lowest BCUT2D eigenvalue weighted by atomic mass is 10.1. The summed E-state index contributed by atoms with van der Waals surface area (Å²) in [7, 11) is 0. The minimum absolute atomic E-state index is 0.151. The predicted molar refractivity (Wildman–Crippen MR) is 94.3 cm³/mol. The Morgan fingerprint density at radius 3 is 2.80 bits per heavy atom. The molecule has 0 aliphatic rings. The smallest absolute Gasteiger partial charge is 0.267 e. The summed E-state index contributed by atoms with van der Waals surface area (Å²) < 4.78 is 6.66. The second-order valence-electron chi connectivity index (χ2n) is 5.94. The van der Waals surface area contributed by atoms with Crippen LogP contribution < -0.4 is 5.56 Å². The third-order valence-corrected chi connectivity index (χ3v) is 4.16. The van der Waals surface area contributed by atoms with Gasteiger partial charge in [0.2, 0.25) is 0 Å². The zero-order valence-electron chi connectivity index (χ0n) is 13.9. The van der Waals surface area contributed by atoms with Crippen molar-refractivity contribution >= 4 is 10.9 Å². The van der Waals surface area contributed by atoms with E-state index >= 15 is 0 Å². The molecule has 0 amide bonds. The SMILES string of the molecule is Cc1noc(C)c1-c1ccc(=O)n(Cc2ccc3ncccc3c2)n1. The van der Waals surface area contributed by atoms with E-state index in [0.717, 1.165) is 27.7 Å². The monoisotopic (exact) mass is 332 g/mol. The Hall–Kier alpha value is -3.28. The minimum atomic E-state index is -0.151. The van der Waals surface area contributed by atoms with Crippen molar-refractivity contribution in [3.63, 3.8) is 0 Å². The Labute approximate surface area is 143 Å². The highest BCUT2D eigenvalue weighted by molar-refractivity contribution is 5.78. The van der Waals surface area contributed by atoms with Crippen molar-refractivity contribution in [2.45, 2.75) is 20.4 Å². The van der Waals surface area contributed by atoms with E-state index in [9.17, 15) is 4.79 Å². The van der Waals surface area contributed by atoms with Gasteiger partial charge in [-0.2, -0.15) is 5.10 Å². The number of hydrogen-bond donors (Lipinski definition) is 0. The Bertz CT molecular complexity index is 1110. The summed E-state index contributed by atoms with van der Waals surface area (Å²) in [6, 6.07) is 13.1. The molecule has 0 aliphatic carbocycles. The van der Waals surface area contributed by atoms with E-state index in [2.05, 4.69) is 15.2 Å². The van der Waals surface area contributed by atoms with Gasteiger partial charge in [0.25, 0.3) is 5.56 Å². The van der Waals surface area contributed by atoms with Crippen LogP contribution in [0.2, 0.25) is 0 Å². The van der Waals surface area contributed by atoms with Crippen LogP contribution in [0.3, 0.4) is 0 Å². The molecule has 124 valence electrons. The second kappa shape index (κ2) is 5.98. The number of rotatable bonds is 3. The van der Waals surface area contributed by atoms with Crippen LogP contribution in [0.25, 0.3) is 22.2 Å². The van der Waals surface area contributed by atoms with Crippen molar-refractivity contribution in [2.75, 3.05) is 0 Å². The largest absolute Gasteiger partial charge is 0.361 e. The fourth-order valence-electron chi connectivity index (χ4n) is 2.94. The summed E-state index contributed by atoms with van der Waals surface area (Å²) in [5.74, 6) is 0.687. The molecule has 4 rings (SSSR count). The van der Waals surface area contributed by atoms with Crippen molar-refractivity contribution in [1.82, 2.24) is 19.9 Å². The Morgan fingerprint density at radius 1 is 1.12 bits per heavy atom. The fraction of sp³-hybridized carbons (Fsp3) is 0.158. The molecule has 25 heavy (non-hydrogen) atoms. The number of aromatic nitrogens is 4. The summed E-state index contributed by atoms with van der Waals surface area (Å²) in [4.78, 5) is 16.5. The van der Waals surface area contributed by atoms with Crippen molar-refractivity contribution in [1.29, 1.82) is 0 Å². The molecule has 0 saturated heterocycles. The Kier molecular flexibility index (Phi) is 3.65. The molecular formula is C19H16N4O2. The van der Waals surface area contributed by atoms with Crippen LogP contribution in [0.4, 0.5) is 0 Å². The van der Waals surface area contributed by atoms with E-state index < -0.39 is 0 Å². The molecule has 0 N–H and O–H groups in total. The van der Waals surface area contributed by atoms with E-state index in [0.29, 0.717) is 18.0 Å². The van der Waals surface area contributed by atoms with Gasteiger partial charge in [-0.1, -0.05) is 17.3 Å². The van der Waals surface area contributed by atoms with Gasteiger partial charge in [-0.15, -0.1) is 0 Å². The van der Waals surface area contributed by atoms with Gasteiger partial charge in [-0.3, -0.25) is 9.78 Å². The number of aryl methyl sites for hydroxylation is 2. The van der Waals surface area contributed by atoms with Gasteiger partial charge in [0.15, 0.2) is 0 Å². The van der Waals surface area contributed by atoms with Gasteiger partial charge in [0.1, 0.15) is 5.76 Å². The zero-order valence-corrected chi connectivity index (χ0v) is 13.9. The summed E-state index contributed by atoms with van der Waals surface area (Å²) in [5.41, 5.74) is 4.03. The van der Waals surface area contributed by atoms with Crippen LogP contribution >= 0.6 is 0 Å². The lowest BCUT2D eigenvalue weighted by molar-refractivity contribution is 0.393. The first kappa shape index (κ1) is 15.3. The third kappa shape index (κ3) is 2.82. The molecule has 0 atom stereocenters. The number of benzene rings is 1. The number of fused-ring (bicyclic) bond motifs is 1. The molecule has 0 unspecified atom stereocenters. The molecule has 0 radical (unpaired) electrons. The van der Waals surface area contributed by atoms with Gasteiger partial charge >= 0.3 is 0 Å². The lowest BCUT2D eigenvalue weighted by Crippen LogP contribution is -2.22. The van der Waals surface area contributed by atoms with E-state index in [1.807, 2.05) is 44.2 Å². The molecule has 0 bridgehead atoms. The van der Waals surface area contributed by atoms with Gasteiger partial charge in [0, 0.05) is 17.6 Å². The number of hydrogen-bond acceptors (Lipinski definition) is 5. The summed E-state index contributed by atoms with van der Waals surface area (Å²) in [5, 5.41) is 9.49. The highest BCUT2D eigenvalue weighted by Crippen LogP contribution is 2.24. The first-order valence-electron chi connectivity index (χ1n) is 7.97. The van der Waals surface area contributed by atoms with E-state index in [1.165, 1.54) is 10.7 Å². The lowest BCUT2D eigenvalue weighted by Gasteiger charge is -2.08. The topological polar surface area (TPSA) is 73.8 Å². The second-order valence-corrected chi connectivity index (χ2v) is 5.94. The van der Waals surface area contributed by atoms with E-state index in [1.54, 1.807) is 12.3 Å². The maximum atomic E-state index is 12.2. The maximum Gasteiger partial charge on any atom is 0.267 e. The number of nitrogens with zero attached hydrogens (tertiary/aromatic N) is 4. The molecule has 4 aromatic rings. The molecule has 6 heteroatoms. The molecule has 3 heterocycles. The maximum absolute atomic E-state index is 12.2. The minimum Gasteiger partial charge on any atom is -0.361 e. The van der Waals surface area contributed by atoms with Crippen LogP contribution in [0, 0.1) is 13.8 Å². The van der Waals surface area contributed by atoms with Crippen molar-refractivity contribution < 1.29 is 4.52 Å². The molecule has 6 nitrogen and oxygen atoms in total. The molecular weight excluding hydrogens is 316 g/mol. The highest BCUT2D eigenvalue weighted by Gasteiger charge is 2.14. The average Bonchev–Trinajstić information content (AvgIpc) is 2.95. The summed E-state index contributed by atoms with van der Waals surface area (Å²) >= 11 is 0. The normalized spacial score (nSPS) is 11.1. The first-order chi connectivity index (χ1) is 12.1. The third-order valence-electron chi connectivity index (χ3n) is 4.16. The molecule has 0 spiro atoms. The van der Waals surface area contributed by atoms with E-state index in [4.69, 9.17) is 4.52 Å². The van der Waals surface area contributed by atoms with Crippen LogP contribution in [0.5, 0.6) is 0 Å². The molecule has 1 aromatic carbocycles. The van der Waals surface area contributed by atoms with Gasteiger partial charge in [-0.05, 0) is 43.7 Å². The average molecular weight is 332 g/mol. The molecule has 0 saturated carbocycles. The molecule has 3 aromatic heterocycles. The van der Waals surface area contributed by atoms with Gasteiger partial charge < -0.3 is 4.52 Å². The quantitative estimate of drug-likeness (QED) is 0.576. The highest BCUT2D eigenvalue weighted by atomic mass is 16.5. The molecule has 0 aliphatic heterocycles. The van der Waals surface area contributed by atoms with Crippen LogP contribution in [0.1, 0.15) is 17.0 Å². The van der Waals surface area contributed by atoms with Crippen molar-refractivity contribution in [3.05, 3.63) is 76.0 Å². The zero-order chi connectivity index (χ0) is 17.4. The summed E-state index contributed by atoms with van der Waals surface area (Å²) in [6.07, 6.45) is 1.77. The van der Waals surface area contributed by atoms with Crippen LogP contribution in [0.15, 0.2) is 58.0 Å². The Morgan fingerprint density at radius 2 is 2.00 bits per heavy atom. The van der Waals surface area contributed by atoms with Crippen LogP contribution in [-0.2, 0) is 6.54 Å². The van der Waals surface area contributed by atoms with Gasteiger partial charge in [0.05, 0.1) is 29.0 Å². The first-order valence-corrected chi connectivity index (χ1v) is 7.97.